The van der Waals surface area contributed by atoms with Gasteiger partial charge in [-0.05, 0) is 29.2 Å². The molecule has 118 valence electrons. The minimum atomic E-state index is 0.424. The van der Waals surface area contributed by atoms with Crippen LogP contribution in [0, 0.1) is 5.92 Å². The van der Waals surface area contributed by atoms with Gasteiger partial charge in [-0.3, -0.25) is 0 Å². The van der Waals surface area contributed by atoms with E-state index in [-0.39, 0.29) is 0 Å². The van der Waals surface area contributed by atoms with E-state index in [9.17, 15) is 0 Å². The highest BCUT2D eigenvalue weighted by Crippen LogP contribution is 2.27. The molecule has 1 atom stereocenters. The molecule has 3 rings (SSSR count). The van der Waals surface area contributed by atoms with Gasteiger partial charge in [0.1, 0.15) is 5.82 Å². The number of fused-ring (bicyclic) bond motifs is 1. The molecule has 1 aliphatic heterocycles. The van der Waals surface area contributed by atoms with Crippen molar-refractivity contribution in [3.63, 3.8) is 0 Å². The van der Waals surface area contributed by atoms with Crippen molar-refractivity contribution < 1.29 is 0 Å². The summed E-state index contributed by atoms with van der Waals surface area (Å²) in [4.78, 5) is 4.53. The number of hydrogen-bond acceptors (Lipinski definition) is 3. The van der Waals surface area contributed by atoms with E-state index in [1.165, 1.54) is 23.3 Å². The van der Waals surface area contributed by atoms with Crippen molar-refractivity contribution >= 4 is 11.8 Å². The Labute approximate surface area is 137 Å². The molecule has 4 heteroatoms. The average Bonchev–Trinajstić information content (AvgIpc) is 2.82. The van der Waals surface area contributed by atoms with Crippen LogP contribution in [0.4, 0.5) is 0 Å². The predicted octanol–water partition coefficient (Wildman–Crippen LogP) is 3.66. The minimum Gasteiger partial charge on any atom is -0.334 e. The summed E-state index contributed by atoms with van der Waals surface area (Å²) in [6.45, 7) is 6.36. The number of nitrogens with zero attached hydrogens (tertiary/aromatic N) is 2. The lowest BCUT2D eigenvalue weighted by Crippen LogP contribution is -2.25. The predicted molar refractivity (Wildman–Crippen MR) is 94.1 cm³/mol. The summed E-state index contributed by atoms with van der Waals surface area (Å²) >= 11 is 2.04. The highest BCUT2D eigenvalue weighted by Gasteiger charge is 2.18. The van der Waals surface area contributed by atoms with Gasteiger partial charge >= 0.3 is 0 Å². The fourth-order valence-electron chi connectivity index (χ4n) is 3.03. The number of thioether (sulfide) groups is 1. The van der Waals surface area contributed by atoms with Crippen LogP contribution < -0.4 is 5.32 Å². The average molecular weight is 315 g/mol. The smallest absolute Gasteiger partial charge is 0.122 e. The maximum Gasteiger partial charge on any atom is 0.122 e. The van der Waals surface area contributed by atoms with Gasteiger partial charge in [-0.1, -0.05) is 38.1 Å². The molecular formula is C18H25N3S. The Balaban J connectivity index is 1.70. The Kier molecular flexibility index (Phi) is 5.21. The topological polar surface area (TPSA) is 29.9 Å². The first kappa shape index (κ1) is 15.6. The van der Waals surface area contributed by atoms with Crippen LogP contribution in [-0.2, 0) is 19.5 Å². The number of benzene rings is 1. The third-order valence-electron chi connectivity index (χ3n) is 4.10. The van der Waals surface area contributed by atoms with Gasteiger partial charge in [-0.15, -0.1) is 0 Å². The molecule has 2 heterocycles. The van der Waals surface area contributed by atoms with Gasteiger partial charge < -0.3 is 9.88 Å². The van der Waals surface area contributed by atoms with E-state index in [0.29, 0.717) is 12.0 Å². The van der Waals surface area contributed by atoms with E-state index >= 15 is 0 Å². The standard InChI is InChI=1S/C18H25N3S/c1-14(2)12-21-9-8-19-18(21)11-20-17-13-22-10-7-15-5-3-4-6-16(15)17/h3-6,8-9,14,17,20H,7,10-13H2,1-2H3. The number of rotatable bonds is 5. The lowest BCUT2D eigenvalue weighted by molar-refractivity contribution is 0.483. The van der Waals surface area contributed by atoms with Crippen LogP contribution in [0.3, 0.4) is 0 Å². The number of aromatic nitrogens is 2. The highest BCUT2D eigenvalue weighted by molar-refractivity contribution is 7.99. The molecule has 1 aromatic carbocycles. The summed E-state index contributed by atoms with van der Waals surface area (Å²) < 4.78 is 2.27. The van der Waals surface area contributed by atoms with E-state index in [4.69, 9.17) is 0 Å². The highest BCUT2D eigenvalue weighted by atomic mass is 32.2. The first-order chi connectivity index (χ1) is 10.7. The molecule has 0 spiro atoms. The molecule has 0 fully saturated rings. The molecule has 0 aliphatic carbocycles. The van der Waals surface area contributed by atoms with Gasteiger partial charge in [-0.25, -0.2) is 4.98 Å². The van der Waals surface area contributed by atoms with Gasteiger partial charge in [0, 0.05) is 30.7 Å². The number of hydrogen-bond donors (Lipinski definition) is 1. The number of nitrogens with one attached hydrogen (secondary N) is 1. The first-order valence-electron chi connectivity index (χ1n) is 8.13. The molecule has 1 aliphatic rings. The molecule has 0 saturated heterocycles. The SMILES string of the molecule is CC(C)Cn1ccnc1CNC1CSCCc2ccccc21. The van der Waals surface area contributed by atoms with Crippen molar-refractivity contribution in [2.75, 3.05) is 11.5 Å². The third kappa shape index (κ3) is 3.73. The summed E-state index contributed by atoms with van der Waals surface area (Å²) in [5.74, 6) is 4.14. The van der Waals surface area contributed by atoms with Crippen molar-refractivity contribution in [2.24, 2.45) is 5.92 Å². The van der Waals surface area contributed by atoms with Crippen LogP contribution in [0.5, 0.6) is 0 Å². The zero-order valence-electron chi connectivity index (χ0n) is 13.5. The van der Waals surface area contributed by atoms with Crippen LogP contribution in [0.2, 0.25) is 0 Å². The Bertz CT molecular complexity index is 606. The Morgan fingerprint density at radius 3 is 3.09 bits per heavy atom. The third-order valence-corrected chi connectivity index (χ3v) is 5.16. The summed E-state index contributed by atoms with van der Waals surface area (Å²) in [6, 6.07) is 9.28. The summed E-state index contributed by atoms with van der Waals surface area (Å²) in [7, 11) is 0. The fraction of sp³-hybridized carbons (Fsp3) is 0.500. The quantitative estimate of drug-likeness (QED) is 0.913. The summed E-state index contributed by atoms with van der Waals surface area (Å²) in [6.07, 6.45) is 5.18. The van der Waals surface area contributed by atoms with Crippen LogP contribution >= 0.6 is 11.8 Å². The van der Waals surface area contributed by atoms with Crippen LogP contribution in [0.1, 0.15) is 36.8 Å². The monoisotopic (exact) mass is 315 g/mol. The largest absolute Gasteiger partial charge is 0.334 e. The molecule has 3 nitrogen and oxygen atoms in total. The summed E-state index contributed by atoms with van der Waals surface area (Å²) in [5, 5.41) is 3.73. The zero-order valence-corrected chi connectivity index (χ0v) is 14.3. The molecule has 0 saturated carbocycles. The number of imidazole rings is 1. The molecule has 0 amide bonds. The second kappa shape index (κ2) is 7.34. The number of aryl methyl sites for hydroxylation is 1. The van der Waals surface area contributed by atoms with E-state index in [1.54, 1.807) is 0 Å². The van der Waals surface area contributed by atoms with Gasteiger partial charge in [0.05, 0.1) is 6.54 Å². The van der Waals surface area contributed by atoms with Crippen LogP contribution in [0.25, 0.3) is 0 Å². The lowest BCUT2D eigenvalue weighted by Gasteiger charge is -2.19. The zero-order chi connectivity index (χ0) is 15.4. The molecule has 0 radical (unpaired) electrons. The van der Waals surface area contributed by atoms with Crippen molar-refractivity contribution in [2.45, 2.75) is 39.4 Å². The van der Waals surface area contributed by atoms with Crippen molar-refractivity contribution in [1.29, 1.82) is 0 Å². The molecular weight excluding hydrogens is 290 g/mol. The van der Waals surface area contributed by atoms with Crippen molar-refractivity contribution in [3.8, 4) is 0 Å². The van der Waals surface area contributed by atoms with Gasteiger partial charge in [-0.2, -0.15) is 11.8 Å². The fourth-order valence-corrected chi connectivity index (χ4v) is 4.09. The van der Waals surface area contributed by atoms with Crippen LogP contribution in [0.15, 0.2) is 36.7 Å². The Morgan fingerprint density at radius 2 is 2.23 bits per heavy atom. The van der Waals surface area contributed by atoms with Crippen molar-refractivity contribution in [1.82, 2.24) is 14.9 Å². The minimum absolute atomic E-state index is 0.424. The molecule has 1 aromatic heterocycles. The van der Waals surface area contributed by atoms with Gasteiger partial charge in [0.25, 0.3) is 0 Å². The first-order valence-corrected chi connectivity index (χ1v) is 9.28. The van der Waals surface area contributed by atoms with E-state index < -0.39 is 0 Å². The van der Waals surface area contributed by atoms with Crippen molar-refractivity contribution in [3.05, 3.63) is 53.6 Å². The normalized spacial score (nSPS) is 18.2. The molecule has 1 N–H and O–H groups in total. The van der Waals surface area contributed by atoms with E-state index in [0.717, 1.165) is 24.7 Å². The van der Waals surface area contributed by atoms with E-state index in [2.05, 4.69) is 59.2 Å². The van der Waals surface area contributed by atoms with Gasteiger partial charge in [0.15, 0.2) is 0 Å². The maximum absolute atomic E-state index is 4.53. The van der Waals surface area contributed by atoms with Crippen LogP contribution in [-0.4, -0.2) is 21.1 Å². The lowest BCUT2D eigenvalue weighted by atomic mass is 10.00. The van der Waals surface area contributed by atoms with E-state index in [1.807, 2.05) is 18.0 Å². The summed E-state index contributed by atoms with van der Waals surface area (Å²) in [5.41, 5.74) is 2.96. The molecule has 1 unspecified atom stereocenters. The second-order valence-corrected chi connectivity index (χ2v) is 7.50. The second-order valence-electron chi connectivity index (χ2n) is 6.35. The maximum atomic E-state index is 4.53. The molecule has 0 bridgehead atoms. The molecule has 2 aromatic rings. The Morgan fingerprint density at radius 1 is 1.36 bits per heavy atom. The Hall–Kier alpha value is -1.26. The van der Waals surface area contributed by atoms with Gasteiger partial charge in [0.2, 0.25) is 0 Å². The molecule has 22 heavy (non-hydrogen) atoms.